The third-order valence-corrected chi connectivity index (χ3v) is 3.19. The number of piperidine rings is 1. The largest absolute Gasteiger partial charge is 0.366 e. The first-order chi connectivity index (χ1) is 7.63. The molecule has 1 unspecified atom stereocenters. The van der Waals surface area contributed by atoms with Crippen LogP contribution in [0.1, 0.15) is 18.7 Å². The van der Waals surface area contributed by atoms with Crippen LogP contribution < -0.4 is 5.32 Å². The number of likely N-dealkylation sites (N-methyl/N-ethyl adjacent to an activating group) is 1. The first kappa shape index (κ1) is 11.8. The van der Waals surface area contributed by atoms with Gasteiger partial charge in [0.2, 0.25) is 0 Å². The van der Waals surface area contributed by atoms with Crippen molar-refractivity contribution in [2.24, 2.45) is 0 Å². The first-order valence-corrected chi connectivity index (χ1v) is 6.39. The Balaban J connectivity index is 2.02. The molecule has 0 amide bonds. The summed E-state index contributed by atoms with van der Waals surface area (Å²) in [5, 5.41) is 3.47. The Hall–Kier alpha value is -0.680. The van der Waals surface area contributed by atoms with Crippen molar-refractivity contribution in [2.75, 3.05) is 25.5 Å². The van der Waals surface area contributed by atoms with Gasteiger partial charge in [0.15, 0.2) is 0 Å². The standard InChI is InChI=1S/C11H17BrN4/c1-8-13-10(12)6-11(14-8)15-9-4-3-5-16(2)7-9/h6,9H,3-5,7H2,1-2H3,(H,13,14,15). The van der Waals surface area contributed by atoms with Crippen molar-refractivity contribution in [3.8, 4) is 0 Å². The van der Waals surface area contributed by atoms with Crippen molar-refractivity contribution in [2.45, 2.75) is 25.8 Å². The second kappa shape index (κ2) is 5.10. The Kier molecular flexibility index (Phi) is 3.76. The van der Waals surface area contributed by atoms with Gasteiger partial charge < -0.3 is 10.2 Å². The molecule has 0 spiro atoms. The normalized spacial score (nSPS) is 22.1. The second-order valence-electron chi connectivity index (χ2n) is 4.37. The van der Waals surface area contributed by atoms with Gasteiger partial charge in [-0.3, -0.25) is 0 Å². The topological polar surface area (TPSA) is 41.1 Å². The van der Waals surface area contributed by atoms with Crippen LogP contribution in [0.15, 0.2) is 10.7 Å². The quantitative estimate of drug-likeness (QED) is 0.844. The van der Waals surface area contributed by atoms with Crippen molar-refractivity contribution in [1.82, 2.24) is 14.9 Å². The van der Waals surface area contributed by atoms with Crippen molar-refractivity contribution in [3.63, 3.8) is 0 Å². The monoisotopic (exact) mass is 284 g/mol. The summed E-state index contributed by atoms with van der Waals surface area (Å²) in [5.41, 5.74) is 0. The van der Waals surface area contributed by atoms with Gasteiger partial charge >= 0.3 is 0 Å². The van der Waals surface area contributed by atoms with Crippen LogP contribution in [0.3, 0.4) is 0 Å². The van der Waals surface area contributed by atoms with Crippen LogP contribution in [0, 0.1) is 6.92 Å². The second-order valence-corrected chi connectivity index (χ2v) is 5.18. The van der Waals surface area contributed by atoms with Gasteiger partial charge in [0, 0.05) is 18.7 Å². The molecule has 4 nitrogen and oxygen atoms in total. The Morgan fingerprint density at radius 2 is 2.31 bits per heavy atom. The van der Waals surface area contributed by atoms with Crippen molar-refractivity contribution in [1.29, 1.82) is 0 Å². The van der Waals surface area contributed by atoms with Gasteiger partial charge in [-0.1, -0.05) is 0 Å². The molecule has 1 aromatic rings. The minimum atomic E-state index is 0.500. The van der Waals surface area contributed by atoms with Gasteiger partial charge in [0.05, 0.1) is 0 Å². The highest BCUT2D eigenvalue weighted by Crippen LogP contribution is 2.16. The van der Waals surface area contributed by atoms with Crippen LogP contribution in [0.2, 0.25) is 0 Å². The highest BCUT2D eigenvalue weighted by molar-refractivity contribution is 9.10. The number of hydrogen-bond donors (Lipinski definition) is 1. The number of aromatic nitrogens is 2. The molecule has 5 heteroatoms. The maximum Gasteiger partial charge on any atom is 0.131 e. The van der Waals surface area contributed by atoms with Crippen LogP contribution >= 0.6 is 15.9 Å². The number of likely N-dealkylation sites (tertiary alicyclic amines) is 1. The van der Waals surface area contributed by atoms with Gasteiger partial charge in [-0.25, -0.2) is 9.97 Å². The van der Waals surface area contributed by atoms with Gasteiger partial charge in [-0.2, -0.15) is 0 Å². The molecule has 1 saturated heterocycles. The predicted octanol–water partition coefficient (Wildman–Crippen LogP) is 2.05. The maximum atomic E-state index is 4.38. The molecular weight excluding hydrogens is 268 g/mol. The number of nitrogens with zero attached hydrogens (tertiary/aromatic N) is 3. The third kappa shape index (κ3) is 3.15. The van der Waals surface area contributed by atoms with Gasteiger partial charge in [-0.05, 0) is 49.3 Å². The number of anilines is 1. The van der Waals surface area contributed by atoms with Crippen LogP contribution in [-0.4, -0.2) is 41.0 Å². The molecule has 2 rings (SSSR count). The van der Waals surface area contributed by atoms with Gasteiger partial charge in [-0.15, -0.1) is 0 Å². The van der Waals surface area contributed by atoms with Crippen LogP contribution in [-0.2, 0) is 0 Å². The highest BCUT2D eigenvalue weighted by Gasteiger charge is 2.17. The van der Waals surface area contributed by atoms with E-state index in [9.17, 15) is 0 Å². The number of nitrogens with one attached hydrogen (secondary N) is 1. The summed E-state index contributed by atoms with van der Waals surface area (Å²) < 4.78 is 0.840. The van der Waals surface area contributed by atoms with E-state index < -0.39 is 0 Å². The molecule has 1 N–H and O–H groups in total. The molecule has 1 aliphatic rings. The average Bonchev–Trinajstić information content (AvgIpc) is 2.15. The summed E-state index contributed by atoms with van der Waals surface area (Å²) in [6.07, 6.45) is 2.46. The van der Waals surface area contributed by atoms with Crippen molar-refractivity contribution < 1.29 is 0 Å². The Morgan fingerprint density at radius 1 is 1.50 bits per heavy atom. The summed E-state index contributed by atoms with van der Waals surface area (Å²) in [4.78, 5) is 10.9. The number of halogens is 1. The average molecular weight is 285 g/mol. The number of aryl methyl sites for hydroxylation is 1. The Morgan fingerprint density at radius 3 is 3.00 bits per heavy atom. The zero-order valence-corrected chi connectivity index (χ0v) is 11.3. The van der Waals surface area contributed by atoms with Crippen LogP contribution in [0.25, 0.3) is 0 Å². The Labute approximate surface area is 105 Å². The summed E-state index contributed by atoms with van der Waals surface area (Å²) in [6.45, 7) is 4.19. The molecule has 1 fully saturated rings. The van der Waals surface area contributed by atoms with E-state index in [2.05, 4.69) is 43.2 Å². The molecule has 1 aromatic heterocycles. The molecule has 2 heterocycles. The van der Waals surface area contributed by atoms with E-state index >= 15 is 0 Å². The van der Waals surface area contributed by atoms with E-state index in [0.29, 0.717) is 6.04 Å². The Bertz CT molecular complexity index is 349. The van der Waals surface area contributed by atoms with Crippen molar-refractivity contribution >= 4 is 21.7 Å². The zero-order chi connectivity index (χ0) is 11.5. The van der Waals surface area contributed by atoms with E-state index in [0.717, 1.165) is 22.8 Å². The first-order valence-electron chi connectivity index (χ1n) is 5.60. The van der Waals surface area contributed by atoms with E-state index in [1.165, 1.54) is 19.4 Å². The number of rotatable bonds is 2. The lowest BCUT2D eigenvalue weighted by Crippen LogP contribution is -2.39. The molecule has 0 aromatic carbocycles. The molecule has 1 aliphatic heterocycles. The summed E-state index contributed by atoms with van der Waals surface area (Å²) in [7, 11) is 2.16. The fourth-order valence-electron chi connectivity index (χ4n) is 2.10. The lowest BCUT2D eigenvalue weighted by atomic mass is 10.1. The summed E-state index contributed by atoms with van der Waals surface area (Å²) in [6, 6.07) is 2.43. The maximum absolute atomic E-state index is 4.38. The third-order valence-electron chi connectivity index (χ3n) is 2.78. The molecule has 0 bridgehead atoms. The summed E-state index contributed by atoms with van der Waals surface area (Å²) >= 11 is 3.39. The molecule has 0 aliphatic carbocycles. The van der Waals surface area contributed by atoms with E-state index in [1.54, 1.807) is 0 Å². The molecule has 0 radical (unpaired) electrons. The van der Waals surface area contributed by atoms with E-state index in [-0.39, 0.29) is 0 Å². The van der Waals surface area contributed by atoms with E-state index in [4.69, 9.17) is 0 Å². The molecular formula is C11H17BrN4. The SMILES string of the molecule is Cc1nc(Br)cc(NC2CCCN(C)C2)n1. The minimum absolute atomic E-state index is 0.500. The molecule has 16 heavy (non-hydrogen) atoms. The fraction of sp³-hybridized carbons (Fsp3) is 0.636. The van der Waals surface area contributed by atoms with Crippen LogP contribution in [0.4, 0.5) is 5.82 Å². The van der Waals surface area contributed by atoms with Crippen molar-refractivity contribution in [3.05, 3.63) is 16.5 Å². The zero-order valence-electron chi connectivity index (χ0n) is 9.70. The smallest absolute Gasteiger partial charge is 0.131 e. The predicted molar refractivity (Wildman–Crippen MR) is 68.6 cm³/mol. The lowest BCUT2D eigenvalue weighted by Gasteiger charge is -2.30. The highest BCUT2D eigenvalue weighted by atomic mass is 79.9. The fourth-order valence-corrected chi connectivity index (χ4v) is 2.57. The molecule has 1 atom stereocenters. The number of hydrogen-bond acceptors (Lipinski definition) is 4. The van der Waals surface area contributed by atoms with E-state index in [1.807, 2.05) is 13.0 Å². The minimum Gasteiger partial charge on any atom is -0.366 e. The lowest BCUT2D eigenvalue weighted by molar-refractivity contribution is 0.260. The van der Waals surface area contributed by atoms with Gasteiger partial charge in [0.25, 0.3) is 0 Å². The summed E-state index contributed by atoms with van der Waals surface area (Å²) in [5.74, 6) is 1.71. The molecule has 0 saturated carbocycles. The van der Waals surface area contributed by atoms with Gasteiger partial charge in [0.1, 0.15) is 16.2 Å². The van der Waals surface area contributed by atoms with Crippen LogP contribution in [0.5, 0.6) is 0 Å². The molecule has 88 valence electrons.